The van der Waals surface area contributed by atoms with Crippen LogP contribution in [-0.2, 0) is 11.8 Å². The van der Waals surface area contributed by atoms with Gasteiger partial charge in [-0.3, -0.25) is 4.79 Å². The van der Waals surface area contributed by atoms with Crippen LogP contribution in [-0.4, -0.2) is 48.4 Å². The van der Waals surface area contributed by atoms with E-state index in [4.69, 9.17) is 23.2 Å². The molecule has 1 amide bonds. The van der Waals surface area contributed by atoms with Crippen molar-refractivity contribution in [3.8, 4) is 6.07 Å². The van der Waals surface area contributed by atoms with Gasteiger partial charge in [-0.1, -0.05) is 77.8 Å². The summed E-state index contributed by atoms with van der Waals surface area (Å²) in [6, 6.07) is 28.6. The Labute approximate surface area is 248 Å². The monoisotopic (exact) mass is 573 g/mol. The number of carbonyl (C=O) groups is 1. The van der Waals surface area contributed by atoms with Crippen LogP contribution < -0.4 is 0 Å². The summed E-state index contributed by atoms with van der Waals surface area (Å²) in [5.74, 6) is 0.0898. The first-order valence-corrected chi connectivity index (χ1v) is 15.2. The molecule has 6 heteroatoms. The van der Waals surface area contributed by atoms with Crippen molar-refractivity contribution in [2.75, 3.05) is 32.7 Å². The van der Waals surface area contributed by atoms with Crippen molar-refractivity contribution in [3.63, 3.8) is 0 Å². The van der Waals surface area contributed by atoms with Gasteiger partial charge in [-0.05, 0) is 100.0 Å². The van der Waals surface area contributed by atoms with E-state index in [-0.39, 0.29) is 16.7 Å². The largest absolute Gasteiger partial charge is 0.338 e. The molecular weight excluding hydrogens is 537 g/mol. The number of piperidine rings is 2. The van der Waals surface area contributed by atoms with Crippen LogP contribution in [0.25, 0.3) is 0 Å². The molecule has 40 heavy (non-hydrogen) atoms. The lowest BCUT2D eigenvalue weighted by atomic mass is 9.70. The summed E-state index contributed by atoms with van der Waals surface area (Å²) in [5, 5.41) is 11.2. The Bertz CT molecular complexity index is 1330. The highest BCUT2D eigenvalue weighted by molar-refractivity contribution is 6.42. The predicted molar refractivity (Wildman–Crippen MR) is 163 cm³/mol. The number of nitriles is 1. The molecule has 0 aromatic heterocycles. The lowest BCUT2D eigenvalue weighted by Gasteiger charge is -2.44. The van der Waals surface area contributed by atoms with Gasteiger partial charge in [0.05, 0.1) is 21.5 Å². The summed E-state index contributed by atoms with van der Waals surface area (Å²) < 4.78 is 0. The average molecular weight is 575 g/mol. The van der Waals surface area contributed by atoms with Crippen LogP contribution in [0.1, 0.15) is 60.0 Å². The molecule has 2 saturated heterocycles. The molecule has 0 saturated carbocycles. The molecule has 0 aliphatic carbocycles. The van der Waals surface area contributed by atoms with Gasteiger partial charge in [0.1, 0.15) is 0 Å². The van der Waals surface area contributed by atoms with E-state index in [0.29, 0.717) is 16.6 Å². The summed E-state index contributed by atoms with van der Waals surface area (Å²) in [7, 11) is 0. The fourth-order valence-corrected chi connectivity index (χ4v) is 6.94. The molecule has 2 fully saturated rings. The maximum atomic E-state index is 13.4. The van der Waals surface area contributed by atoms with Gasteiger partial charge in [0.25, 0.3) is 5.91 Å². The molecule has 3 aromatic rings. The average Bonchev–Trinajstić information content (AvgIpc) is 3.00. The van der Waals surface area contributed by atoms with E-state index < -0.39 is 0 Å². The minimum atomic E-state index is -0.277. The molecule has 208 valence electrons. The second-order valence-corrected chi connectivity index (χ2v) is 12.4. The number of likely N-dealkylation sites (tertiary alicyclic amines) is 2. The molecule has 0 bridgehead atoms. The smallest absolute Gasteiger partial charge is 0.253 e. The van der Waals surface area contributed by atoms with Crippen molar-refractivity contribution >= 4 is 29.1 Å². The fraction of sp³-hybridized carbons (Fsp3) is 0.412. The van der Waals surface area contributed by atoms with Crippen LogP contribution in [0.15, 0.2) is 78.9 Å². The number of rotatable bonds is 8. The van der Waals surface area contributed by atoms with Gasteiger partial charge in [-0.15, -0.1) is 0 Å². The highest BCUT2D eigenvalue weighted by Gasteiger charge is 2.39. The molecule has 0 N–H and O–H groups in total. The van der Waals surface area contributed by atoms with Gasteiger partial charge >= 0.3 is 0 Å². The molecule has 0 radical (unpaired) electrons. The van der Waals surface area contributed by atoms with E-state index in [1.165, 1.54) is 5.56 Å². The maximum Gasteiger partial charge on any atom is 0.253 e. The van der Waals surface area contributed by atoms with Gasteiger partial charge in [0, 0.05) is 24.1 Å². The maximum absolute atomic E-state index is 13.4. The molecule has 3 aromatic carbocycles. The molecule has 1 unspecified atom stereocenters. The quantitative estimate of drug-likeness (QED) is 0.276. The van der Waals surface area contributed by atoms with Crippen LogP contribution in [0.3, 0.4) is 0 Å². The number of hydrogen-bond donors (Lipinski definition) is 0. The van der Waals surface area contributed by atoms with Crippen LogP contribution in [0.2, 0.25) is 10.0 Å². The molecule has 0 spiro atoms. The van der Waals surface area contributed by atoms with Crippen LogP contribution in [0, 0.1) is 16.7 Å². The summed E-state index contributed by atoms with van der Waals surface area (Å²) in [6.45, 7) is 4.31. The molecular formula is C34H37Cl2N3O. The fourth-order valence-electron chi connectivity index (χ4n) is 6.64. The van der Waals surface area contributed by atoms with Crippen molar-refractivity contribution in [3.05, 3.63) is 106 Å². The summed E-state index contributed by atoms with van der Waals surface area (Å²) in [5.41, 5.74) is 2.69. The second-order valence-electron chi connectivity index (χ2n) is 11.6. The van der Waals surface area contributed by atoms with E-state index in [1.807, 2.05) is 53.4 Å². The topological polar surface area (TPSA) is 47.3 Å². The number of amides is 1. The van der Waals surface area contributed by atoms with Gasteiger partial charge in [0.2, 0.25) is 0 Å². The highest BCUT2D eigenvalue weighted by Crippen LogP contribution is 2.41. The Morgan fingerprint density at radius 1 is 0.875 bits per heavy atom. The number of halogens is 2. The molecule has 4 nitrogen and oxygen atoms in total. The Morgan fingerprint density at radius 3 is 2.25 bits per heavy atom. The summed E-state index contributed by atoms with van der Waals surface area (Å²) >= 11 is 12.8. The third-order valence-electron chi connectivity index (χ3n) is 8.98. The van der Waals surface area contributed by atoms with Crippen molar-refractivity contribution in [1.29, 1.82) is 5.26 Å². The van der Waals surface area contributed by atoms with Gasteiger partial charge in [0.15, 0.2) is 0 Å². The molecule has 2 heterocycles. The Balaban J connectivity index is 1.26. The van der Waals surface area contributed by atoms with Crippen molar-refractivity contribution in [2.24, 2.45) is 5.41 Å². The molecule has 1 atom stereocenters. The third-order valence-corrected chi connectivity index (χ3v) is 9.72. The lowest BCUT2D eigenvalue weighted by Crippen LogP contribution is -2.49. The Morgan fingerprint density at radius 2 is 1.57 bits per heavy atom. The zero-order chi connectivity index (χ0) is 28.0. The lowest BCUT2D eigenvalue weighted by molar-refractivity contribution is 0.0616. The van der Waals surface area contributed by atoms with Crippen LogP contribution in [0.4, 0.5) is 0 Å². The normalized spacial score (nSPS) is 21.1. The first-order chi connectivity index (χ1) is 19.4. The van der Waals surface area contributed by atoms with Crippen molar-refractivity contribution < 1.29 is 4.79 Å². The van der Waals surface area contributed by atoms with Crippen LogP contribution >= 0.6 is 23.2 Å². The zero-order valence-electron chi connectivity index (χ0n) is 23.0. The van der Waals surface area contributed by atoms with E-state index in [1.54, 1.807) is 0 Å². The minimum Gasteiger partial charge on any atom is -0.338 e. The summed E-state index contributed by atoms with van der Waals surface area (Å²) in [4.78, 5) is 18.0. The molecule has 2 aliphatic heterocycles. The molecule has 2 aliphatic rings. The zero-order valence-corrected chi connectivity index (χ0v) is 24.5. The van der Waals surface area contributed by atoms with Crippen molar-refractivity contribution in [2.45, 2.75) is 50.4 Å². The minimum absolute atomic E-state index is 0.0898. The van der Waals surface area contributed by atoms with Crippen LogP contribution in [0.5, 0.6) is 0 Å². The van der Waals surface area contributed by atoms with E-state index in [0.717, 1.165) is 82.3 Å². The Hall–Kier alpha value is -2.84. The Kier molecular flexibility index (Phi) is 9.16. The number of nitrogens with zero attached hydrogens (tertiary/aromatic N) is 3. The van der Waals surface area contributed by atoms with Gasteiger partial charge in [-0.25, -0.2) is 0 Å². The van der Waals surface area contributed by atoms with Gasteiger partial charge in [-0.2, -0.15) is 5.26 Å². The van der Waals surface area contributed by atoms with Gasteiger partial charge < -0.3 is 9.80 Å². The highest BCUT2D eigenvalue weighted by atomic mass is 35.5. The molecule has 5 rings (SSSR count). The van der Waals surface area contributed by atoms with E-state index in [2.05, 4.69) is 41.3 Å². The predicted octanol–water partition coefficient (Wildman–Crippen LogP) is 7.80. The number of carbonyl (C=O) groups excluding carboxylic acids is 1. The second kappa shape index (κ2) is 12.8. The SMILES string of the molecule is N#CC1(Cc2ccccc2)CCN(CCCC2(c3ccc(Cl)c(Cl)c3)CCCN(C(=O)c3ccccc3)C2)CC1. The van der Waals surface area contributed by atoms with E-state index in [9.17, 15) is 10.1 Å². The third kappa shape index (κ3) is 6.55. The summed E-state index contributed by atoms with van der Waals surface area (Å²) in [6.07, 6.45) is 6.57. The number of hydrogen-bond acceptors (Lipinski definition) is 3. The first kappa shape index (κ1) is 28.7. The standard InChI is InChI=1S/C34H37Cl2N3O/c35-30-14-13-29(23-31(30)36)34(16-8-20-39(26-34)32(40)28-11-5-2-6-12-28)15-7-19-38-21-17-33(25-37,18-22-38)24-27-9-3-1-4-10-27/h1-6,9-14,23H,7-8,15-22,24,26H2. The first-order valence-electron chi connectivity index (χ1n) is 14.4. The number of benzene rings is 3. The van der Waals surface area contributed by atoms with E-state index >= 15 is 0 Å². The van der Waals surface area contributed by atoms with Crippen molar-refractivity contribution in [1.82, 2.24) is 9.80 Å².